The fourth-order valence-corrected chi connectivity index (χ4v) is 1.91. The molecule has 0 aromatic heterocycles. The molecule has 2 aromatic carbocycles. The number of phenols is 1. The van der Waals surface area contributed by atoms with E-state index in [1.165, 1.54) is 13.2 Å². The zero-order chi connectivity index (χ0) is 13.1. The van der Waals surface area contributed by atoms with E-state index in [0.717, 1.165) is 11.1 Å². The van der Waals surface area contributed by atoms with Crippen molar-refractivity contribution in [1.29, 1.82) is 0 Å². The Morgan fingerprint density at radius 1 is 1.17 bits per heavy atom. The number of ether oxygens (including phenoxy) is 1. The maximum atomic E-state index is 11.4. The standard InChI is InChI=1S/C14H11ClO3/c1-18-14(17)10-4-2-3-9(5-10)11-6-12(15)8-13(16)7-11/h2-8,16H,1H3. The first-order valence-corrected chi connectivity index (χ1v) is 5.66. The summed E-state index contributed by atoms with van der Waals surface area (Å²) >= 11 is 5.88. The summed E-state index contributed by atoms with van der Waals surface area (Å²) in [6.45, 7) is 0. The summed E-state index contributed by atoms with van der Waals surface area (Å²) in [4.78, 5) is 11.4. The SMILES string of the molecule is COC(=O)c1cccc(-c2cc(O)cc(Cl)c2)c1. The van der Waals surface area contributed by atoms with Gasteiger partial charge in [0.15, 0.2) is 0 Å². The Hall–Kier alpha value is -2.00. The number of methoxy groups -OCH3 is 1. The fraction of sp³-hybridized carbons (Fsp3) is 0.0714. The van der Waals surface area contributed by atoms with Gasteiger partial charge < -0.3 is 9.84 Å². The van der Waals surface area contributed by atoms with Crippen LogP contribution in [0.1, 0.15) is 10.4 Å². The van der Waals surface area contributed by atoms with Gasteiger partial charge >= 0.3 is 5.97 Å². The maximum absolute atomic E-state index is 11.4. The van der Waals surface area contributed by atoms with E-state index in [1.54, 1.807) is 30.3 Å². The van der Waals surface area contributed by atoms with Gasteiger partial charge in [-0.2, -0.15) is 0 Å². The van der Waals surface area contributed by atoms with Crippen molar-refractivity contribution in [2.24, 2.45) is 0 Å². The van der Waals surface area contributed by atoms with E-state index in [4.69, 9.17) is 11.6 Å². The van der Waals surface area contributed by atoms with Crippen molar-refractivity contribution in [3.63, 3.8) is 0 Å². The molecule has 92 valence electrons. The molecule has 18 heavy (non-hydrogen) atoms. The third-order valence-corrected chi connectivity index (χ3v) is 2.72. The summed E-state index contributed by atoms with van der Waals surface area (Å²) in [6, 6.07) is 11.7. The first kappa shape index (κ1) is 12.5. The second-order valence-electron chi connectivity index (χ2n) is 3.77. The first-order valence-electron chi connectivity index (χ1n) is 5.28. The Kier molecular flexibility index (Phi) is 3.53. The Labute approximate surface area is 110 Å². The fourth-order valence-electron chi connectivity index (χ4n) is 1.68. The summed E-state index contributed by atoms with van der Waals surface area (Å²) in [5.74, 6) is -0.316. The van der Waals surface area contributed by atoms with Gasteiger partial charge in [-0.15, -0.1) is 0 Å². The molecular formula is C14H11ClO3. The Morgan fingerprint density at radius 2 is 1.94 bits per heavy atom. The molecule has 0 aliphatic heterocycles. The molecule has 2 rings (SSSR count). The van der Waals surface area contributed by atoms with Crippen LogP contribution in [0.4, 0.5) is 0 Å². The van der Waals surface area contributed by atoms with Gasteiger partial charge in [0.1, 0.15) is 5.75 Å². The number of aromatic hydroxyl groups is 1. The molecular weight excluding hydrogens is 252 g/mol. The van der Waals surface area contributed by atoms with Crippen molar-refractivity contribution < 1.29 is 14.6 Å². The number of esters is 1. The van der Waals surface area contributed by atoms with Gasteiger partial charge in [-0.1, -0.05) is 23.7 Å². The highest BCUT2D eigenvalue weighted by Gasteiger charge is 2.07. The minimum Gasteiger partial charge on any atom is -0.508 e. The number of hydrogen-bond donors (Lipinski definition) is 1. The first-order chi connectivity index (χ1) is 8.60. The molecule has 0 radical (unpaired) electrons. The molecule has 4 heteroatoms. The number of halogens is 1. The number of benzene rings is 2. The predicted octanol–water partition coefficient (Wildman–Crippen LogP) is 3.50. The number of phenolic OH excluding ortho intramolecular Hbond substituents is 1. The molecule has 0 heterocycles. The summed E-state index contributed by atoms with van der Waals surface area (Å²) < 4.78 is 4.66. The lowest BCUT2D eigenvalue weighted by Crippen LogP contribution is -2.00. The summed E-state index contributed by atoms with van der Waals surface area (Å²) in [5, 5.41) is 9.94. The van der Waals surface area contributed by atoms with Crippen LogP contribution in [0.2, 0.25) is 5.02 Å². The molecule has 0 atom stereocenters. The molecule has 0 fully saturated rings. The Balaban J connectivity index is 2.47. The van der Waals surface area contributed by atoms with Gasteiger partial charge in [0.25, 0.3) is 0 Å². The molecule has 0 amide bonds. The normalized spacial score (nSPS) is 10.1. The van der Waals surface area contributed by atoms with Gasteiger partial charge in [0.2, 0.25) is 0 Å². The summed E-state index contributed by atoms with van der Waals surface area (Å²) in [7, 11) is 1.33. The van der Waals surface area contributed by atoms with Crippen molar-refractivity contribution in [2.75, 3.05) is 7.11 Å². The largest absolute Gasteiger partial charge is 0.508 e. The van der Waals surface area contributed by atoms with Crippen LogP contribution in [0.25, 0.3) is 11.1 Å². The van der Waals surface area contributed by atoms with Gasteiger partial charge in [-0.05, 0) is 41.5 Å². The number of hydrogen-bond acceptors (Lipinski definition) is 3. The molecule has 0 spiro atoms. The molecule has 0 saturated carbocycles. The monoisotopic (exact) mass is 262 g/mol. The summed E-state index contributed by atoms with van der Waals surface area (Å²) in [6.07, 6.45) is 0. The van der Waals surface area contributed by atoms with Gasteiger partial charge in [0.05, 0.1) is 12.7 Å². The van der Waals surface area contributed by atoms with Crippen LogP contribution in [-0.2, 0) is 4.74 Å². The number of carbonyl (C=O) groups excluding carboxylic acids is 1. The third-order valence-electron chi connectivity index (χ3n) is 2.50. The van der Waals surface area contributed by atoms with Gasteiger partial charge in [-0.3, -0.25) is 0 Å². The van der Waals surface area contributed by atoms with Gasteiger partial charge in [-0.25, -0.2) is 4.79 Å². The molecule has 0 saturated heterocycles. The van der Waals surface area contributed by atoms with Crippen molar-refractivity contribution in [2.45, 2.75) is 0 Å². The molecule has 3 nitrogen and oxygen atoms in total. The molecule has 0 aliphatic rings. The van der Waals surface area contributed by atoms with Crippen molar-refractivity contribution in [3.05, 3.63) is 53.1 Å². The molecule has 0 unspecified atom stereocenters. The smallest absolute Gasteiger partial charge is 0.337 e. The number of rotatable bonds is 2. The van der Waals surface area contributed by atoms with Crippen LogP contribution in [-0.4, -0.2) is 18.2 Å². The van der Waals surface area contributed by atoms with Crippen LogP contribution in [0.15, 0.2) is 42.5 Å². The lowest BCUT2D eigenvalue weighted by atomic mass is 10.0. The molecule has 2 aromatic rings. The highest BCUT2D eigenvalue weighted by Crippen LogP contribution is 2.28. The van der Waals surface area contributed by atoms with Gasteiger partial charge in [0, 0.05) is 5.02 Å². The van der Waals surface area contributed by atoms with E-state index < -0.39 is 5.97 Å². The zero-order valence-corrected chi connectivity index (χ0v) is 10.4. The third kappa shape index (κ3) is 2.63. The Morgan fingerprint density at radius 3 is 2.61 bits per heavy atom. The van der Waals surface area contributed by atoms with E-state index in [2.05, 4.69) is 4.74 Å². The quantitative estimate of drug-likeness (QED) is 0.843. The average molecular weight is 263 g/mol. The lowest BCUT2D eigenvalue weighted by Gasteiger charge is -2.05. The van der Waals surface area contributed by atoms with E-state index in [1.807, 2.05) is 6.07 Å². The topological polar surface area (TPSA) is 46.5 Å². The van der Waals surface area contributed by atoms with Crippen LogP contribution in [0.3, 0.4) is 0 Å². The van der Waals surface area contributed by atoms with Crippen molar-refractivity contribution in [1.82, 2.24) is 0 Å². The highest BCUT2D eigenvalue weighted by atomic mass is 35.5. The van der Waals surface area contributed by atoms with Crippen LogP contribution >= 0.6 is 11.6 Å². The van der Waals surface area contributed by atoms with Crippen LogP contribution in [0, 0.1) is 0 Å². The van der Waals surface area contributed by atoms with Crippen molar-refractivity contribution >= 4 is 17.6 Å². The van der Waals surface area contributed by atoms with Crippen LogP contribution in [0.5, 0.6) is 5.75 Å². The minimum absolute atomic E-state index is 0.0842. The minimum atomic E-state index is -0.400. The van der Waals surface area contributed by atoms with E-state index in [0.29, 0.717) is 10.6 Å². The highest BCUT2D eigenvalue weighted by molar-refractivity contribution is 6.31. The second-order valence-corrected chi connectivity index (χ2v) is 4.21. The molecule has 0 bridgehead atoms. The predicted molar refractivity (Wildman–Crippen MR) is 69.9 cm³/mol. The van der Waals surface area contributed by atoms with E-state index in [9.17, 15) is 9.90 Å². The van der Waals surface area contributed by atoms with Crippen molar-refractivity contribution in [3.8, 4) is 16.9 Å². The van der Waals surface area contributed by atoms with E-state index in [-0.39, 0.29) is 5.75 Å². The van der Waals surface area contributed by atoms with Crippen LogP contribution < -0.4 is 0 Å². The Bertz CT molecular complexity index is 573. The summed E-state index contributed by atoms with van der Waals surface area (Å²) in [5.41, 5.74) is 1.98. The average Bonchev–Trinajstić information content (AvgIpc) is 2.37. The molecule has 1 N–H and O–H groups in total. The second kappa shape index (κ2) is 5.10. The van der Waals surface area contributed by atoms with E-state index >= 15 is 0 Å². The number of carbonyl (C=O) groups is 1. The molecule has 0 aliphatic carbocycles. The zero-order valence-electron chi connectivity index (χ0n) is 9.68. The lowest BCUT2D eigenvalue weighted by molar-refractivity contribution is 0.0601. The maximum Gasteiger partial charge on any atom is 0.337 e.